The van der Waals surface area contributed by atoms with Crippen LogP contribution >= 0.6 is 0 Å². The smallest absolute Gasteiger partial charge is 0.410 e. The van der Waals surface area contributed by atoms with Gasteiger partial charge in [0.1, 0.15) is 11.4 Å². The van der Waals surface area contributed by atoms with Gasteiger partial charge in [-0.1, -0.05) is 11.6 Å². The topological polar surface area (TPSA) is 63.5 Å². The zero-order valence-corrected chi connectivity index (χ0v) is 17.4. The average molecular weight is 393 g/mol. The van der Waals surface area contributed by atoms with E-state index in [9.17, 15) is 4.79 Å². The molecule has 1 aromatic carbocycles. The van der Waals surface area contributed by atoms with E-state index >= 15 is 0 Å². The quantitative estimate of drug-likeness (QED) is 0.663. The van der Waals surface area contributed by atoms with E-state index in [2.05, 4.69) is 45.6 Å². The number of amides is 1. The molecule has 1 aliphatic rings. The van der Waals surface area contributed by atoms with Gasteiger partial charge in [-0.15, -0.1) is 0 Å². The summed E-state index contributed by atoms with van der Waals surface area (Å²) in [5.74, 6) is 1.61. The van der Waals surface area contributed by atoms with Crippen LogP contribution in [0.5, 0.6) is 0 Å². The highest BCUT2D eigenvalue weighted by molar-refractivity contribution is 5.82. The summed E-state index contributed by atoms with van der Waals surface area (Å²) in [5, 5.41) is 1.18. The summed E-state index contributed by atoms with van der Waals surface area (Å²) in [7, 11) is 0. The standard InChI is InChI=1S/C22H27N5O2/c1-16-5-6-18-17(13-16)7-8-27(18)20-15-23-14-19(24-20)25-9-11-26(12-10-25)21(28)29-22(2,3)4/h5-8,13-15H,9-12H2,1-4H3. The number of nitrogens with zero attached hydrogens (tertiary/aromatic N) is 5. The molecule has 0 spiro atoms. The second-order valence-corrected chi connectivity index (χ2v) is 8.44. The first-order valence-corrected chi connectivity index (χ1v) is 9.93. The van der Waals surface area contributed by atoms with Gasteiger partial charge in [-0.05, 0) is 45.9 Å². The van der Waals surface area contributed by atoms with Gasteiger partial charge >= 0.3 is 6.09 Å². The largest absolute Gasteiger partial charge is 0.444 e. The molecule has 0 aliphatic carbocycles. The van der Waals surface area contributed by atoms with Gasteiger partial charge in [0.15, 0.2) is 5.82 Å². The third-order valence-corrected chi connectivity index (χ3v) is 4.96. The van der Waals surface area contributed by atoms with Crippen LogP contribution in [-0.2, 0) is 4.74 Å². The molecule has 29 heavy (non-hydrogen) atoms. The van der Waals surface area contributed by atoms with E-state index in [0.29, 0.717) is 26.2 Å². The molecule has 0 saturated carbocycles. The van der Waals surface area contributed by atoms with Crippen LogP contribution in [0.25, 0.3) is 16.7 Å². The van der Waals surface area contributed by atoms with Gasteiger partial charge < -0.3 is 14.5 Å². The molecule has 0 unspecified atom stereocenters. The molecule has 2 aromatic heterocycles. The molecule has 1 aliphatic heterocycles. The van der Waals surface area contributed by atoms with Gasteiger partial charge in [-0.25, -0.2) is 9.78 Å². The highest BCUT2D eigenvalue weighted by Crippen LogP contribution is 2.22. The van der Waals surface area contributed by atoms with Crippen molar-refractivity contribution in [2.24, 2.45) is 0 Å². The molecule has 0 N–H and O–H groups in total. The van der Waals surface area contributed by atoms with Crippen molar-refractivity contribution in [1.29, 1.82) is 0 Å². The number of piperazine rings is 1. The monoisotopic (exact) mass is 393 g/mol. The summed E-state index contributed by atoms with van der Waals surface area (Å²) in [6, 6.07) is 8.47. The molecule has 0 atom stereocenters. The normalized spacial score (nSPS) is 15.0. The number of ether oxygens (including phenoxy) is 1. The molecule has 0 bridgehead atoms. The molecular formula is C22H27N5O2. The summed E-state index contributed by atoms with van der Waals surface area (Å²) in [6.07, 6.45) is 5.33. The van der Waals surface area contributed by atoms with E-state index in [1.54, 1.807) is 17.3 Å². The molecule has 1 fully saturated rings. The summed E-state index contributed by atoms with van der Waals surface area (Å²) in [5.41, 5.74) is 1.86. The second kappa shape index (κ2) is 7.39. The number of hydrogen-bond donors (Lipinski definition) is 0. The predicted octanol–water partition coefficient (Wildman–Crippen LogP) is 3.79. The van der Waals surface area contributed by atoms with Crippen molar-refractivity contribution in [2.45, 2.75) is 33.3 Å². The van der Waals surface area contributed by atoms with Crippen molar-refractivity contribution in [1.82, 2.24) is 19.4 Å². The zero-order chi connectivity index (χ0) is 20.6. The Morgan fingerprint density at radius 1 is 1.03 bits per heavy atom. The molecule has 1 saturated heterocycles. The summed E-state index contributed by atoms with van der Waals surface area (Å²) < 4.78 is 7.53. The maximum Gasteiger partial charge on any atom is 0.410 e. The summed E-state index contributed by atoms with van der Waals surface area (Å²) >= 11 is 0. The Bertz CT molecular complexity index is 1030. The lowest BCUT2D eigenvalue weighted by atomic mass is 10.2. The molecule has 1 amide bonds. The fourth-order valence-corrected chi connectivity index (χ4v) is 3.52. The summed E-state index contributed by atoms with van der Waals surface area (Å²) in [4.78, 5) is 25.4. The molecule has 7 nitrogen and oxygen atoms in total. The molecule has 152 valence electrons. The van der Waals surface area contributed by atoms with E-state index in [0.717, 1.165) is 17.2 Å². The minimum absolute atomic E-state index is 0.258. The van der Waals surface area contributed by atoms with E-state index < -0.39 is 5.60 Å². The highest BCUT2D eigenvalue weighted by atomic mass is 16.6. The van der Waals surface area contributed by atoms with Crippen LogP contribution in [0.4, 0.5) is 10.6 Å². The third kappa shape index (κ3) is 4.18. The van der Waals surface area contributed by atoms with Crippen LogP contribution in [0.2, 0.25) is 0 Å². The van der Waals surface area contributed by atoms with Crippen LogP contribution in [0, 0.1) is 6.92 Å². The second-order valence-electron chi connectivity index (χ2n) is 8.44. The first kappa shape index (κ1) is 19.2. The number of aromatic nitrogens is 3. The zero-order valence-electron chi connectivity index (χ0n) is 17.4. The highest BCUT2D eigenvalue weighted by Gasteiger charge is 2.26. The van der Waals surface area contributed by atoms with E-state index in [-0.39, 0.29) is 6.09 Å². The first-order chi connectivity index (χ1) is 13.8. The number of benzene rings is 1. The average Bonchev–Trinajstić information content (AvgIpc) is 3.10. The van der Waals surface area contributed by atoms with Crippen molar-refractivity contribution in [3.8, 4) is 5.82 Å². The molecule has 4 rings (SSSR count). The molecule has 3 aromatic rings. The molecular weight excluding hydrogens is 366 g/mol. The Morgan fingerprint density at radius 2 is 1.76 bits per heavy atom. The number of carbonyl (C=O) groups excluding carboxylic acids is 1. The maximum absolute atomic E-state index is 12.3. The van der Waals surface area contributed by atoms with Crippen molar-refractivity contribution < 1.29 is 9.53 Å². The third-order valence-electron chi connectivity index (χ3n) is 4.96. The SMILES string of the molecule is Cc1ccc2c(ccn2-c2cncc(N3CCN(C(=O)OC(C)(C)C)CC3)n2)c1. The Labute approximate surface area is 170 Å². The molecule has 0 radical (unpaired) electrons. The minimum atomic E-state index is -0.480. The maximum atomic E-state index is 12.3. The van der Waals surface area contributed by atoms with Crippen molar-refractivity contribution in [3.05, 3.63) is 48.4 Å². The van der Waals surface area contributed by atoms with Gasteiger partial charge in [0.05, 0.1) is 17.9 Å². The van der Waals surface area contributed by atoms with Crippen molar-refractivity contribution in [2.75, 3.05) is 31.1 Å². The lowest BCUT2D eigenvalue weighted by Crippen LogP contribution is -2.50. The Balaban J connectivity index is 1.49. The number of anilines is 1. The lowest BCUT2D eigenvalue weighted by Gasteiger charge is -2.36. The van der Waals surface area contributed by atoms with Crippen LogP contribution in [0.1, 0.15) is 26.3 Å². The van der Waals surface area contributed by atoms with Crippen LogP contribution in [0.3, 0.4) is 0 Å². The Morgan fingerprint density at radius 3 is 2.48 bits per heavy atom. The van der Waals surface area contributed by atoms with E-state index in [4.69, 9.17) is 9.72 Å². The van der Waals surface area contributed by atoms with Gasteiger partial charge in [-0.2, -0.15) is 0 Å². The number of fused-ring (bicyclic) bond motifs is 1. The first-order valence-electron chi connectivity index (χ1n) is 9.93. The van der Waals surface area contributed by atoms with Crippen LogP contribution in [0.15, 0.2) is 42.9 Å². The fourth-order valence-electron chi connectivity index (χ4n) is 3.52. The van der Waals surface area contributed by atoms with Crippen molar-refractivity contribution in [3.63, 3.8) is 0 Å². The van der Waals surface area contributed by atoms with Crippen LogP contribution < -0.4 is 4.90 Å². The number of carbonyl (C=O) groups is 1. The number of rotatable bonds is 2. The predicted molar refractivity (Wildman–Crippen MR) is 114 cm³/mol. The van der Waals surface area contributed by atoms with Crippen molar-refractivity contribution >= 4 is 22.8 Å². The van der Waals surface area contributed by atoms with E-state index in [1.807, 2.05) is 27.0 Å². The Hall–Kier alpha value is -3.09. The van der Waals surface area contributed by atoms with Gasteiger partial charge in [0.2, 0.25) is 0 Å². The number of hydrogen-bond acceptors (Lipinski definition) is 5. The van der Waals surface area contributed by atoms with Crippen LogP contribution in [-0.4, -0.2) is 57.3 Å². The number of aryl methyl sites for hydroxylation is 1. The van der Waals surface area contributed by atoms with Gasteiger partial charge in [0.25, 0.3) is 0 Å². The minimum Gasteiger partial charge on any atom is -0.444 e. The van der Waals surface area contributed by atoms with E-state index in [1.165, 1.54) is 10.9 Å². The Kier molecular flexibility index (Phi) is 4.90. The van der Waals surface area contributed by atoms with Gasteiger partial charge in [-0.3, -0.25) is 9.55 Å². The molecule has 7 heteroatoms. The lowest BCUT2D eigenvalue weighted by molar-refractivity contribution is 0.0240. The fraction of sp³-hybridized carbons (Fsp3) is 0.409. The molecule has 3 heterocycles. The summed E-state index contributed by atoms with van der Waals surface area (Å²) in [6.45, 7) is 10.3. The van der Waals surface area contributed by atoms with Gasteiger partial charge in [0, 0.05) is 37.8 Å².